The topological polar surface area (TPSA) is 96.1 Å². The standard InChI is InChI=1S/C21H22N4O3/c1-21(2,3)28-20(27)23-14-6-7-17-15(10-14)16(19(26)24-17)8-12-4-5-13-11-22-25-18(13)9-12/h4-9,11,15H,10H2,1-3H3,(H,22,25)(H,23,27)(H,24,26)/b16-8+. The normalized spacial score (nSPS) is 20.5. The molecule has 7 heteroatoms. The molecule has 1 fully saturated rings. The van der Waals surface area contributed by atoms with Gasteiger partial charge < -0.3 is 10.1 Å². The Morgan fingerprint density at radius 3 is 2.93 bits per heavy atom. The summed E-state index contributed by atoms with van der Waals surface area (Å²) in [6.45, 7) is 5.45. The van der Waals surface area contributed by atoms with E-state index in [4.69, 9.17) is 4.74 Å². The Kier molecular flexibility index (Phi) is 4.30. The highest BCUT2D eigenvalue weighted by atomic mass is 16.6. The Morgan fingerprint density at radius 2 is 2.14 bits per heavy atom. The summed E-state index contributed by atoms with van der Waals surface area (Å²) in [5, 5.41) is 13.7. The molecule has 0 radical (unpaired) electrons. The van der Waals surface area contributed by atoms with E-state index in [2.05, 4.69) is 20.8 Å². The second-order valence-corrected chi connectivity index (χ2v) is 7.97. The Balaban J connectivity index is 1.55. The van der Waals surface area contributed by atoms with Gasteiger partial charge in [-0.15, -0.1) is 0 Å². The Labute approximate surface area is 162 Å². The molecule has 144 valence electrons. The van der Waals surface area contributed by atoms with Crippen molar-refractivity contribution in [2.24, 2.45) is 5.92 Å². The van der Waals surface area contributed by atoms with Crippen LogP contribution < -0.4 is 10.6 Å². The molecule has 28 heavy (non-hydrogen) atoms. The van der Waals surface area contributed by atoms with Crippen molar-refractivity contribution in [3.63, 3.8) is 0 Å². The predicted molar refractivity (Wildman–Crippen MR) is 106 cm³/mol. The minimum atomic E-state index is -0.568. The van der Waals surface area contributed by atoms with Gasteiger partial charge in [-0.25, -0.2) is 4.79 Å². The molecule has 3 N–H and O–H groups in total. The summed E-state index contributed by atoms with van der Waals surface area (Å²) in [5.74, 6) is -0.243. The maximum Gasteiger partial charge on any atom is 0.411 e. The molecule has 0 bridgehead atoms. The van der Waals surface area contributed by atoms with E-state index in [1.807, 2.05) is 51.1 Å². The van der Waals surface area contributed by atoms with Crippen molar-refractivity contribution in [1.29, 1.82) is 0 Å². The van der Waals surface area contributed by atoms with Crippen molar-refractivity contribution < 1.29 is 14.3 Å². The summed E-state index contributed by atoms with van der Waals surface area (Å²) in [4.78, 5) is 24.6. The fourth-order valence-electron chi connectivity index (χ4n) is 3.39. The van der Waals surface area contributed by atoms with E-state index in [1.54, 1.807) is 12.3 Å². The van der Waals surface area contributed by atoms with Gasteiger partial charge in [-0.05, 0) is 50.6 Å². The van der Waals surface area contributed by atoms with Gasteiger partial charge in [0.25, 0.3) is 5.91 Å². The largest absolute Gasteiger partial charge is 0.444 e. The average molecular weight is 378 g/mol. The molecule has 0 spiro atoms. The summed E-state index contributed by atoms with van der Waals surface area (Å²) >= 11 is 0. The zero-order chi connectivity index (χ0) is 19.9. The number of carbonyl (C=O) groups is 2. The lowest BCUT2D eigenvalue weighted by Gasteiger charge is -2.23. The zero-order valence-corrected chi connectivity index (χ0v) is 16.0. The molecule has 2 aromatic rings. The lowest BCUT2D eigenvalue weighted by molar-refractivity contribution is -0.115. The maximum atomic E-state index is 12.5. The SMILES string of the molecule is CC(C)(C)OC(=O)NC1=CC=C2NC(=O)/C(=C/c3ccc4cn[nH]c4c3)C2C1. The first-order valence-electron chi connectivity index (χ1n) is 9.15. The number of aromatic nitrogens is 2. The predicted octanol–water partition coefficient (Wildman–Crippen LogP) is 3.39. The van der Waals surface area contributed by atoms with Crippen LogP contribution in [0.3, 0.4) is 0 Å². The first kappa shape index (κ1) is 18.0. The van der Waals surface area contributed by atoms with Crippen LogP contribution in [0.5, 0.6) is 0 Å². The number of rotatable bonds is 2. The van der Waals surface area contributed by atoms with E-state index < -0.39 is 11.7 Å². The molecule has 4 rings (SSSR count). The van der Waals surface area contributed by atoms with Crippen LogP contribution in [0.15, 0.2) is 53.5 Å². The highest BCUT2D eigenvalue weighted by molar-refractivity contribution is 6.03. The fraction of sp³-hybridized carbons (Fsp3) is 0.286. The molecule has 2 aliphatic rings. The minimum absolute atomic E-state index is 0.118. The summed E-state index contributed by atoms with van der Waals surface area (Å²) in [6.07, 6.45) is 7.30. The van der Waals surface area contributed by atoms with Crippen LogP contribution in [0.1, 0.15) is 32.8 Å². The van der Waals surface area contributed by atoms with E-state index in [0.29, 0.717) is 12.0 Å². The van der Waals surface area contributed by atoms with Crippen LogP contribution in [0.25, 0.3) is 17.0 Å². The smallest absolute Gasteiger partial charge is 0.411 e. The Bertz CT molecular complexity index is 1050. The van der Waals surface area contributed by atoms with Crippen molar-refractivity contribution in [3.05, 3.63) is 59.1 Å². The molecule has 1 unspecified atom stereocenters. The van der Waals surface area contributed by atoms with Crippen molar-refractivity contribution in [2.45, 2.75) is 32.8 Å². The summed E-state index contributed by atoms with van der Waals surface area (Å²) in [7, 11) is 0. The molecule has 1 atom stereocenters. The van der Waals surface area contributed by atoms with E-state index in [1.165, 1.54) is 0 Å². The van der Waals surface area contributed by atoms with Gasteiger partial charge in [0.05, 0.1) is 11.7 Å². The first-order valence-corrected chi connectivity index (χ1v) is 9.15. The molecule has 1 aromatic carbocycles. The number of alkyl carbamates (subject to hydrolysis) is 1. The Morgan fingerprint density at radius 1 is 1.32 bits per heavy atom. The summed E-state index contributed by atoms with van der Waals surface area (Å²) < 4.78 is 5.31. The first-order chi connectivity index (χ1) is 13.3. The van der Waals surface area contributed by atoms with Gasteiger partial charge in [-0.2, -0.15) is 5.10 Å². The number of carbonyl (C=O) groups excluding carboxylic acids is 2. The molecule has 0 saturated carbocycles. The van der Waals surface area contributed by atoms with Gasteiger partial charge in [0.15, 0.2) is 0 Å². The molecule has 1 aromatic heterocycles. The quantitative estimate of drug-likeness (QED) is 0.698. The molecular formula is C21H22N4O3. The number of hydrogen-bond acceptors (Lipinski definition) is 4. The van der Waals surface area contributed by atoms with Gasteiger partial charge >= 0.3 is 6.09 Å². The maximum absolute atomic E-state index is 12.5. The highest BCUT2D eigenvalue weighted by Crippen LogP contribution is 2.35. The van der Waals surface area contributed by atoms with Crippen molar-refractivity contribution in [1.82, 2.24) is 20.8 Å². The van der Waals surface area contributed by atoms with Gasteiger partial charge in [0.1, 0.15) is 5.60 Å². The van der Waals surface area contributed by atoms with Crippen LogP contribution in [0.2, 0.25) is 0 Å². The number of amides is 2. The van der Waals surface area contributed by atoms with Crippen LogP contribution in [0, 0.1) is 5.92 Å². The van der Waals surface area contributed by atoms with Gasteiger partial charge in [-0.1, -0.05) is 12.1 Å². The van der Waals surface area contributed by atoms with E-state index >= 15 is 0 Å². The number of benzene rings is 1. The number of allylic oxidation sites excluding steroid dienone is 4. The number of aromatic amines is 1. The molecule has 2 amide bonds. The third-order valence-corrected chi connectivity index (χ3v) is 4.61. The van der Waals surface area contributed by atoms with Gasteiger partial charge in [-0.3, -0.25) is 15.2 Å². The average Bonchev–Trinajstić information content (AvgIpc) is 3.18. The number of nitrogens with one attached hydrogen (secondary N) is 3. The molecule has 1 aliphatic carbocycles. The fourth-order valence-corrected chi connectivity index (χ4v) is 3.39. The third kappa shape index (κ3) is 3.69. The monoisotopic (exact) mass is 378 g/mol. The van der Waals surface area contributed by atoms with Gasteiger partial charge in [0.2, 0.25) is 0 Å². The Hall–Kier alpha value is -3.35. The second-order valence-electron chi connectivity index (χ2n) is 7.97. The highest BCUT2D eigenvalue weighted by Gasteiger charge is 2.35. The van der Waals surface area contributed by atoms with Crippen LogP contribution in [-0.2, 0) is 9.53 Å². The molecule has 2 heterocycles. The lowest BCUT2D eigenvalue weighted by atomic mass is 9.89. The van der Waals surface area contributed by atoms with E-state index in [-0.39, 0.29) is 11.8 Å². The van der Waals surface area contributed by atoms with Crippen molar-refractivity contribution >= 4 is 29.0 Å². The van der Waals surface area contributed by atoms with Crippen LogP contribution >= 0.6 is 0 Å². The second kappa shape index (κ2) is 6.67. The molecular weight excluding hydrogens is 356 g/mol. The number of hydrogen-bond donors (Lipinski definition) is 3. The molecule has 1 saturated heterocycles. The molecule has 1 aliphatic heterocycles. The number of H-pyrrole nitrogens is 1. The summed E-state index contributed by atoms with van der Waals surface area (Å²) in [5.41, 5.74) is 3.49. The van der Waals surface area contributed by atoms with Crippen molar-refractivity contribution in [3.8, 4) is 0 Å². The lowest BCUT2D eigenvalue weighted by Crippen LogP contribution is -2.33. The van der Waals surface area contributed by atoms with E-state index in [9.17, 15) is 9.59 Å². The molecule has 7 nitrogen and oxygen atoms in total. The van der Waals surface area contributed by atoms with E-state index in [0.717, 1.165) is 27.9 Å². The number of nitrogens with zero attached hydrogens (tertiary/aromatic N) is 1. The number of fused-ring (bicyclic) bond motifs is 2. The minimum Gasteiger partial charge on any atom is -0.444 e. The zero-order valence-electron chi connectivity index (χ0n) is 16.0. The van der Waals surface area contributed by atoms with Crippen LogP contribution in [0.4, 0.5) is 4.79 Å². The van der Waals surface area contributed by atoms with Crippen molar-refractivity contribution in [2.75, 3.05) is 0 Å². The number of ether oxygens (including phenoxy) is 1. The van der Waals surface area contributed by atoms with Gasteiger partial charge in [0, 0.05) is 34.7 Å². The third-order valence-electron chi connectivity index (χ3n) is 4.61. The van der Waals surface area contributed by atoms with Crippen LogP contribution in [-0.4, -0.2) is 27.8 Å². The summed E-state index contributed by atoms with van der Waals surface area (Å²) in [6, 6.07) is 5.88.